The highest BCUT2D eigenvalue weighted by Crippen LogP contribution is 2.52. The first-order valence-corrected chi connectivity index (χ1v) is 12.5. The van der Waals surface area contributed by atoms with Crippen LogP contribution in [0.5, 0.6) is 23.0 Å². The van der Waals surface area contributed by atoms with Crippen LogP contribution in [0.1, 0.15) is 53.8 Å². The number of fused-ring (bicyclic) bond motifs is 1. The van der Waals surface area contributed by atoms with Gasteiger partial charge in [-0.05, 0) is 29.7 Å². The van der Waals surface area contributed by atoms with Gasteiger partial charge in [-0.3, -0.25) is 4.79 Å². The second-order valence-corrected chi connectivity index (χ2v) is 9.29. The summed E-state index contributed by atoms with van der Waals surface area (Å²) in [7, 11) is 5.53. The molecule has 0 saturated carbocycles. The van der Waals surface area contributed by atoms with Crippen LogP contribution in [-0.4, -0.2) is 45.3 Å². The number of methoxy groups -OCH3 is 4. The van der Waals surface area contributed by atoms with Crippen LogP contribution >= 0.6 is 23.2 Å². The van der Waals surface area contributed by atoms with Gasteiger partial charge in [-0.15, -0.1) is 0 Å². The Bertz CT molecular complexity index is 1350. The van der Waals surface area contributed by atoms with Crippen molar-refractivity contribution in [2.75, 3.05) is 28.4 Å². The molecule has 0 bridgehead atoms. The van der Waals surface area contributed by atoms with Crippen molar-refractivity contribution in [1.29, 1.82) is 0 Å². The molecule has 0 fully saturated rings. The van der Waals surface area contributed by atoms with Gasteiger partial charge in [0.2, 0.25) is 5.75 Å². The number of ether oxygens (including phenoxy) is 4. The van der Waals surface area contributed by atoms with Crippen LogP contribution in [-0.2, 0) is 4.74 Å². The van der Waals surface area contributed by atoms with E-state index in [2.05, 4.69) is 0 Å². The number of aromatic hydroxyl groups is 1. The number of esters is 1. The maximum atomic E-state index is 13.7. The molecule has 37 heavy (non-hydrogen) atoms. The number of carbonyl (C=O) groups excluding carboxylic acids is 2. The zero-order valence-corrected chi connectivity index (χ0v) is 23.2. The molecule has 0 aromatic heterocycles. The molecule has 0 spiro atoms. The summed E-state index contributed by atoms with van der Waals surface area (Å²) in [6.45, 7) is 3.98. The summed E-state index contributed by atoms with van der Waals surface area (Å²) >= 11 is 12.5. The fourth-order valence-corrected chi connectivity index (χ4v) is 4.85. The summed E-state index contributed by atoms with van der Waals surface area (Å²) in [6.07, 6.45) is 1.67. The summed E-state index contributed by atoms with van der Waals surface area (Å²) < 4.78 is 21.9. The number of phenols is 1. The summed E-state index contributed by atoms with van der Waals surface area (Å²) in [5, 5.41) is 12.6. The van der Waals surface area contributed by atoms with Gasteiger partial charge in [-0.25, -0.2) is 4.79 Å². The van der Waals surface area contributed by atoms with Crippen LogP contribution in [0.2, 0.25) is 10.0 Å². The molecule has 0 radical (unpaired) electrons. The van der Waals surface area contributed by atoms with Gasteiger partial charge in [-0.2, -0.15) is 0 Å². The van der Waals surface area contributed by atoms with Crippen LogP contribution in [0.3, 0.4) is 0 Å². The molecule has 198 valence electrons. The largest absolute Gasteiger partial charge is 0.507 e. The summed E-state index contributed by atoms with van der Waals surface area (Å²) in [5.74, 6) is -0.795. The molecule has 0 atom stereocenters. The number of hydrogen-bond donors (Lipinski definition) is 1. The third-order valence-electron chi connectivity index (χ3n) is 6.58. The van der Waals surface area contributed by atoms with Gasteiger partial charge >= 0.3 is 5.97 Å². The molecule has 0 aliphatic heterocycles. The molecule has 0 heterocycles. The Morgan fingerprint density at radius 2 is 1.54 bits per heavy atom. The fourth-order valence-electron chi connectivity index (χ4n) is 4.55. The highest BCUT2D eigenvalue weighted by Gasteiger charge is 2.33. The molecule has 0 amide bonds. The van der Waals surface area contributed by atoms with Crippen LogP contribution in [0.4, 0.5) is 0 Å². The molecule has 0 unspecified atom stereocenters. The minimum atomic E-state index is -0.803. The highest BCUT2D eigenvalue weighted by molar-refractivity contribution is 6.42. The SMILES string of the molecule is CCC(CC)CC(=O)c1c(C(=O)OC)c(-c2ccc(Cl)c(Cl)c2)c2c(OC)c(OC)c(OC)cc2c1O. The Balaban J connectivity index is 2.65. The maximum absolute atomic E-state index is 13.7. The molecule has 0 saturated heterocycles. The minimum absolute atomic E-state index is 0.0708. The smallest absolute Gasteiger partial charge is 0.339 e. The molecular formula is C28H30Cl2O7. The molecule has 7 nitrogen and oxygen atoms in total. The second-order valence-electron chi connectivity index (χ2n) is 8.47. The van der Waals surface area contributed by atoms with Crippen LogP contribution in [0.15, 0.2) is 24.3 Å². The standard InChI is InChI=1S/C28H30Cl2O7/c1-7-14(8-2)11-19(31)23-24(28(33)37-6)21(15-9-10-17(29)18(30)12-15)22-16(25(23)32)13-20(34-3)26(35-4)27(22)36-5/h9-10,12-14,32H,7-8,11H2,1-6H3. The molecule has 3 aromatic carbocycles. The second kappa shape index (κ2) is 11.9. The molecular weight excluding hydrogens is 519 g/mol. The topological polar surface area (TPSA) is 91.3 Å². The first-order chi connectivity index (χ1) is 17.7. The van der Waals surface area contributed by atoms with E-state index in [1.54, 1.807) is 24.3 Å². The number of rotatable bonds is 10. The first kappa shape index (κ1) is 28.4. The molecule has 3 rings (SSSR count). The zero-order valence-electron chi connectivity index (χ0n) is 21.7. The van der Waals surface area contributed by atoms with Gasteiger partial charge in [-0.1, -0.05) is 56.0 Å². The maximum Gasteiger partial charge on any atom is 0.339 e. The number of Topliss-reactive ketones (excluding diaryl/α,β-unsaturated/α-hetero) is 1. The van der Waals surface area contributed by atoms with Crippen molar-refractivity contribution in [1.82, 2.24) is 0 Å². The summed E-state index contributed by atoms with van der Waals surface area (Å²) in [4.78, 5) is 27.1. The lowest BCUT2D eigenvalue weighted by molar-refractivity contribution is 0.0597. The average molecular weight is 549 g/mol. The number of ketones is 1. The molecule has 9 heteroatoms. The van der Waals surface area contributed by atoms with Crippen molar-refractivity contribution in [3.8, 4) is 34.1 Å². The van der Waals surface area contributed by atoms with Crippen LogP contribution in [0, 0.1) is 5.92 Å². The highest BCUT2D eigenvalue weighted by atomic mass is 35.5. The van der Waals surface area contributed by atoms with Crippen molar-refractivity contribution < 1.29 is 33.6 Å². The van der Waals surface area contributed by atoms with E-state index in [0.29, 0.717) is 16.0 Å². The van der Waals surface area contributed by atoms with Crippen molar-refractivity contribution in [2.24, 2.45) is 5.92 Å². The van der Waals surface area contributed by atoms with Crippen molar-refractivity contribution >= 4 is 45.7 Å². The van der Waals surface area contributed by atoms with Gasteiger partial charge < -0.3 is 24.1 Å². The predicted octanol–water partition coefficient (Wildman–Crippen LogP) is 7.34. The Hall–Kier alpha value is -3.16. The lowest BCUT2D eigenvalue weighted by Gasteiger charge is -2.23. The quantitative estimate of drug-likeness (QED) is 0.209. The van der Waals surface area contributed by atoms with Gasteiger partial charge in [0.15, 0.2) is 17.3 Å². The van der Waals surface area contributed by atoms with E-state index in [9.17, 15) is 14.7 Å². The normalized spacial score (nSPS) is 11.1. The third kappa shape index (κ3) is 5.15. The van der Waals surface area contributed by atoms with Crippen molar-refractivity contribution in [3.05, 3.63) is 45.4 Å². The lowest BCUT2D eigenvalue weighted by Crippen LogP contribution is -2.16. The van der Waals surface area contributed by atoms with E-state index >= 15 is 0 Å². The van der Waals surface area contributed by atoms with Crippen molar-refractivity contribution in [3.63, 3.8) is 0 Å². The van der Waals surface area contributed by atoms with E-state index in [0.717, 1.165) is 12.8 Å². The summed E-state index contributed by atoms with van der Waals surface area (Å²) in [6, 6.07) is 6.37. The number of halogens is 2. The monoisotopic (exact) mass is 548 g/mol. The Morgan fingerprint density at radius 3 is 2.05 bits per heavy atom. The molecule has 3 aromatic rings. The van der Waals surface area contributed by atoms with Gasteiger partial charge in [0, 0.05) is 22.8 Å². The van der Waals surface area contributed by atoms with E-state index in [-0.39, 0.29) is 68.2 Å². The fraction of sp³-hybridized carbons (Fsp3) is 0.357. The van der Waals surface area contributed by atoms with Crippen LogP contribution < -0.4 is 14.2 Å². The number of hydrogen-bond acceptors (Lipinski definition) is 7. The van der Waals surface area contributed by atoms with Crippen LogP contribution in [0.25, 0.3) is 21.9 Å². The third-order valence-corrected chi connectivity index (χ3v) is 7.32. The first-order valence-electron chi connectivity index (χ1n) is 11.8. The summed E-state index contributed by atoms with van der Waals surface area (Å²) in [5.41, 5.74) is 0.500. The van der Waals surface area contributed by atoms with Crippen molar-refractivity contribution in [2.45, 2.75) is 33.1 Å². The van der Waals surface area contributed by atoms with Gasteiger partial charge in [0.25, 0.3) is 0 Å². The van der Waals surface area contributed by atoms with E-state index in [1.165, 1.54) is 28.4 Å². The Kier molecular flexibility index (Phi) is 9.16. The molecule has 0 aliphatic carbocycles. The van der Waals surface area contributed by atoms with E-state index < -0.39 is 5.97 Å². The molecule has 0 aliphatic rings. The Morgan fingerprint density at radius 1 is 0.892 bits per heavy atom. The minimum Gasteiger partial charge on any atom is -0.507 e. The number of phenolic OH excluding ortho intramolecular Hbond substituents is 1. The van der Waals surface area contributed by atoms with Gasteiger partial charge in [0.1, 0.15) is 5.75 Å². The zero-order chi connectivity index (χ0) is 27.4. The molecule has 1 N–H and O–H groups in total. The predicted molar refractivity (Wildman–Crippen MR) is 145 cm³/mol. The lowest BCUT2D eigenvalue weighted by atomic mass is 9.84. The Labute approximate surface area is 226 Å². The number of benzene rings is 3. The average Bonchev–Trinajstić information content (AvgIpc) is 2.91. The van der Waals surface area contributed by atoms with Gasteiger partial charge in [0.05, 0.1) is 49.6 Å². The number of carbonyl (C=O) groups is 2. The van der Waals surface area contributed by atoms with E-state index in [4.69, 9.17) is 42.1 Å². The van der Waals surface area contributed by atoms with E-state index in [1.807, 2.05) is 13.8 Å².